The maximum Gasteiger partial charge on any atom is 0.258 e. The van der Waals surface area contributed by atoms with Gasteiger partial charge in [-0.05, 0) is 57.5 Å². The van der Waals surface area contributed by atoms with Crippen molar-refractivity contribution in [2.24, 2.45) is 5.73 Å². The van der Waals surface area contributed by atoms with Gasteiger partial charge in [0.2, 0.25) is 0 Å². The Morgan fingerprint density at radius 1 is 1.42 bits per heavy atom. The van der Waals surface area contributed by atoms with Crippen LogP contribution in [0.4, 0.5) is 0 Å². The van der Waals surface area contributed by atoms with Crippen molar-refractivity contribution in [2.75, 3.05) is 13.2 Å². The lowest BCUT2D eigenvalue weighted by atomic mass is 10.1. The SMILES string of the molecule is CC(C)(C)NC(=O)COc1ccc(Br)c(CCN)c1. The Kier molecular flexibility index (Phi) is 5.82. The summed E-state index contributed by atoms with van der Waals surface area (Å²) in [6.07, 6.45) is 0.770. The molecule has 0 atom stereocenters. The summed E-state index contributed by atoms with van der Waals surface area (Å²) < 4.78 is 6.49. The van der Waals surface area contributed by atoms with Crippen LogP contribution in [-0.2, 0) is 11.2 Å². The summed E-state index contributed by atoms with van der Waals surface area (Å²) in [5, 5.41) is 2.85. The van der Waals surface area contributed by atoms with Crippen molar-refractivity contribution in [2.45, 2.75) is 32.7 Å². The lowest BCUT2D eigenvalue weighted by Crippen LogP contribution is -2.43. The molecule has 1 aromatic rings. The molecule has 0 fully saturated rings. The number of nitrogens with two attached hydrogens (primary N) is 1. The van der Waals surface area contributed by atoms with Crippen LogP contribution in [0.25, 0.3) is 0 Å². The normalized spacial score (nSPS) is 11.2. The molecule has 0 bridgehead atoms. The van der Waals surface area contributed by atoms with Gasteiger partial charge in [0.15, 0.2) is 6.61 Å². The van der Waals surface area contributed by atoms with E-state index in [1.54, 1.807) is 0 Å². The highest BCUT2D eigenvalue weighted by Crippen LogP contribution is 2.22. The molecule has 5 heteroatoms. The summed E-state index contributed by atoms with van der Waals surface area (Å²) in [5.41, 5.74) is 6.38. The number of nitrogens with one attached hydrogen (secondary N) is 1. The third-order valence-electron chi connectivity index (χ3n) is 2.32. The van der Waals surface area contributed by atoms with E-state index in [-0.39, 0.29) is 18.1 Å². The first-order valence-corrected chi connectivity index (χ1v) is 7.03. The van der Waals surface area contributed by atoms with Crippen molar-refractivity contribution in [3.05, 3.63) is 28.2 Å². The van der Waals surface area contributed by atoms with Crippen molar-refractivity contribution in [3.8, 4) is 5.75 Å². The predicted molar refractivity (Wildman–Crippen MR) is 80.3 cm³/mol. The van der Waals surface area contributed by atoms with E-state index < -0.39 is 0 Å². The fraction of sp³-hybridized carbons (Fsp3) is 0.500. The quantitative estimate of drug-likeness (QED) is 0.871. The molecule has 4 nitrogen and oxygen atoms in total. The number of hydrogen-bond donors (Lipinski definition) is 2. The Labute approximate surface area is 122 Å². The molecule has 1 rings (SSSR count). The highest BCUT2D eigenvalue weighted by atomic mass is 79.9. The van der Waals surface area contributed by atoms with E-state index in [1.165, 1.54) is 0 Å². The van der Waals surface area contributed by atoms with E-state index in [9.17, 15) is 4.79 Å². The van der Waals surface area contributed by atoms with Crippen LogP contribution in [0.3, 0.4) is 0 Å². The van der Waals surface area contributed by atoms with Gasteiger partial charge < -0.3 is 15.8 Å². The van der Waals surface area contributed by atoms with Gasteiger partial charge in [0.1, 0.15) is 5.75 Å². The molecule has 0 aliphatic rings. The first-order chi connectivity index (χ1) is 8.81. The van der Waals surface area contributed by atoms with Gasteiger partial charge in [-0.1, -0.05) is 15.9 Å². The lowest BCUT2D eigenvalue weighted by Gasteiger charge is -2.20. The number of carbonyl (C=O) groups excluding carboxylic acids is 1. The molecule has 1 aromatic carbocycles. The molecule has 0 saturated heterocycles. The number of ether oxygens (including phenoxy) is 1. The molecule has 0 saturated carbocycles. The van der Waals surface area contributed by atoms with E-state index in [1.807, 2.05) is 39.0 Å². The minimum atomic E-state index is -0.245. The summed E-state index contributed by atoms with van der Waals surface area (Å²) in [6.45, 7) is 6.39. The third-order valence-corrected chi connectivity index (χ3v) is 3.09. The van der Waals surface area contributed by atoms with E-state index in [2.05, 4.69) is 21.2 Å². The monoisotopic (exact) mass is 328 g/mol. The van der Waals surface area contributed by atoms with E-state index in [4.69, 9.17) is 10.5 Å². The minimum Gasteiger partial charge on any atom is -0.484 e. The van der Waals surface area contributed by atoms with Crippen LogP contribution < -0.4 is 15.8 Å². The molecule has 0 radical (unpaired) electrons. The van der Waals surface area contributed by atoms with Crippen LogP contribution >= 0.6 is 15.9 Å². The average molecular weight is 329 g/mol. The van der Waals surface area contributed by atoms with Gasteiger partial charge in [0.25, 0.3) is 5.91 Å². The van der Waals surface area contributed by atoms with Crippen molar-refractivity contribution in [1.29, 1.82) is 0 Å². The van der Waals surface area contributed by atoms with Crippen molar-refractivity contribution in [1.82, 2.24) is 5.32 Å². The summed E-state index contributed by atoms with van der Waals surface area (Å²) in [5.74, 6) is 0.548. The first-order valence-electron chi connectivity index (χ1n) is 6.24. The number of carbonyl (C=O) groups is 1. The topological polar surface area (TPSA) is 64.3 Å². The molecule has 0 spiro atoms. The molecule has 0 heterocycles. The molecule has 3 N–H and O–H groups in total. The fourth-order valence-corrected chi connectivity index (χ4v) is 2.04. The molecule has 19 heavy (non-hydrogen) atoms. The summed E-state index contributed by atoms with van der Waals surface area (Å²) in [6, 6.07) is 5.64. The second kappa shape index (κ2) is 6.91. The van der Waals surface area contributed by atoms with Crippen molar-refractivity contribution >= 4 is 21.8 Å². The smallest absolute Gasteiger partial charge is 0.258 e. The van der Waals surface area contributed by atoms with Crippen LogP contribution in [0.15, 0.2) is 22.7 Å². The van der Waals surface area contributed by atoms with Gasteiger partial charge >= 0.3 is 0 Å². The predicted octanol–water partition coefficient (Wildman–Crippen LogP) is 2.24. The maximum atomic E-state index is 11.6. The average Bonchev–Trinajstić information content (AvgIpc) is 2.28. The zero-order chi connectivity index (χ0) is 14.5. The highest BCUT2D eigenvalue weighted by molar-refractivity contribution is 9.10. The van der Waals surface area contributed by atoms with Gasteiger partial charge in [0.05, 0.1) is 0 Å². The molecule has 106 valence electrons. The Hall–Kier alpha value is -1.07. The number of halogens is 1. The Bertz CT molecular complexity index is 442. The number of rotatable bonds is 5. The van der Waals surface area contributed by atoms with Crippen LogP contribution in [0, 0.1) is 0 Å². The van der Waals surface area contributed by atoms with Gasteiger partial charge in [-0.3, -0.25) is 4.79 Å². The molecule has 0 aromatic heterocycles. The van der Waals surface area contributed by atoms with Crippen molar-refractivity contribution < 1.29 is 9.53 Å². The Morgan fingerprint density at radius 2 is 2.11 bits per heavy atom. The minimum absolute atomic E-state index is 0.0148. The van der Waals surface area contributed by atoms with Crippen LogP contribution in [0.2, 0.25) is 0 Å². The zero-order valence-electron chi connectivity index (χ0n) is 11.6. The standard InChI is InChI=1S/C14H21BrN2O2/c1-14(2,3)17-13(18)9-19-11-4-5-12(15)10(8-11)6-7-16/h4-5,8H,6-7,9,16H2,1-3H3,(H,17,18). The van der Waals surface area contributed by atoms with E-state index in [0.29, 0.717) is 12.3 Å². The van der Waals surface area contributed by atoms with Crippen LogP contribution in [0.5, 0.6) is 5.75 Å². The van der Waals surface area contributed by atoms with E-state index in [0.717, 1.165) is 16.5 Å². The van der Waals surface area contributed by atoms with Gasteiger partial charge in [-0.25, -0.2) is 0 Å². The molecule has 0 unspecified atom stereocenters. The molecular weight excluding hydrogens is 308 g/mol. The largest absolute Gasteiger partial charge is 0.484 e. The number of amides is 1. The molecule has 0 aliphatic heterocycles. The first kappa shape index (κ1) is 16.0. The Morgan fingerprint density at radius 3 is 2.68 bits per heavy atom. The van der Waals surface area contributed by atoms with Gasteiger partial charge in [-0.15, -0.1) is 0 Å². The maximum absolute atomic E-state index is 11.6. The number of benzene rings is 1. The van der Waals surface area contributed by atoms with Crippen molar-refractivity contribution in [3.63, 3.8) is 0 Å². The second-order valence-electron chi connectivity index (χ2n) is 5.38. The molecular formula is C14H21BrN2O2. The number of hydrogen-bond acceptors (Lipinski definition) is 3. The summed E-state index contributed by atoms with van der Waals surface area (Å²) in [4.78, 5) is 11.6. The Balaban J connectivity index is 2.58. The summed E-state index contributed by atoms with van der Waals surface area (Å²) >= 11 is 3.46. The van der Waals surface area contributed by atoms with Gasteiger partial charge in [-0.2, -0.15) is 0 Å². The third kappa shape index (κ3) is 6.07. The van der Waals surface area contributed by atoms with Gasteiger partial charge in [0, 0.05) is 10.0 Å². The summed E-state index contributed by atoms with van der Waals surface area (Å²) in [7, 11) is 0. The van der Waals surface area contributed by atoms with Crippen LogP contribution in [0.1, 0.15) is 26.3 Å². The molecule has 1 amide bonds. The molecule has 0 aliphatic carbocycles. The van der Waals surface area contributed by atoms with Crippen LogP contribution in [-0.4, -0.2) is 24.6 Å². The second-order valence-corrected chi connectivity index (χ2v) is 6.23. The van der Waals surface area contributed by atoms with E-state index >= 15 is 0 Å². The fourth-order valence-electron chi connectivity index (χ4n) is 1.59. The zero-order valence-corrected chi connectivity index (χ0v) is 13.2. The lowest BCUT2D eigenvalue weighted by molar-refractivity contribution is -0.124. The highest BCUT2D eigenvalue weighted by Gasteiger charge is 2.14.